The topological polar surface area (TPSA) is 200 Å². The van der Waals surface area contributed by atoms with Crippen LogP contribution in [-0.2, 0) is 19.2 Å². The molecular formula is C43H35Cl5N8O6. The standard InChI is InChI=1S/C43H35Cl5N8O6/c1-20-6-10-27(44)17-32(20)51-40(59)25-8-12-29(46)36(15-25)53-55-42(61)38(23(4)57)49-34-19-31(48)35(14-22(34)3)50-39(24(5)58)43(62)56-54-37-16-26(9-13-30(37)47)41(60)52-33-18-28(45)11-7-21(33)2/h6-19,38-39,49-50H,1-5H3,(H,51,59)(H,52,60). The number of aryl methyl sites for hydroxylation is 3. The van der Waals surface area contributed by atoms with Crippen molar-refractivity contribution in [2.75, 3.05) is 21.3 Å². The van der Waals surface area contributed by atoms with Crippen LogP contribution in [0, 0.1) is 20.8 Å². The number of hydrogen-bond acceptors (Lipinski definition) is 10. The van der Waals surface area contributed by atoms with Gasteiger partial charge in [0.25, 0.3) is 23.6 Å². The van der Waals surface area contributed by atoms with Gasteiger partial charge in [0.2, 0.25) is 0 Å². The van der Waals surface area contributed by atoms with Crippen LogP contribution in [0.25, 0.3) is 0 Å². The van der Waals surface area contributed by atoms with E-state index >= 15 is 0 Å². The van der Waals surface area contributed by atoms with Crippen LogP contribution >= 0.6 is 58.0 Å². The highest BCUT2D eigenvalue weighted by Crippen LogP contribution is 2.32. The number of anilines is 4. The first-order chi connectivity index (χ1) is 29.3. The number of benzene rings is 5. The number of azo groups is 2. The number of halogens is 5. The van der Waals surface area contributed by atoms with Crippen LogP contribution in [-0.4, -0.2) is 47.3 Å². The minimum atomic E-state index is -1.55. The van der Waals surface area contributed by atoms with Crippen molar-refractivity contribution in [1.29, 1.82) is 0 Å². The molecule has 0 aliphatic carbocycles. The van der Waals surface area contributed by atoms with E-state index in [0.717, 1.165) is 18.1 Å². The van der Waals surface area contributed by atoms with Crippen LogP contribution in [0.15, 0.2) is 105 Å². The van der Waals surface area contributed by atoms with Crippen LogP contribution in [0.4, 0.5) is 34.1 Å². The molecular weight excluding hydrogens is 902 g/mol. The second kappa shape index (κ2) is 20.7. The Morgan fingerprint density at radius 2 is 0.887 bits per heavy atom. The van der Waals surface area contributed by atoms with Crippen molar-refractivity contribution < 1.29 is 28.8 Å². The van der Waals surface area contributed by atoms with E-state index in [0.29, 0.717) is 27.0 Å². The molecule has 4 amide bonds. The van der Waals surface area contributed by atoms with Crippen LogP contribution in [0.5, 0.6) is 0 Å². The highest BCUT2D eigenvalue weighted by atomic mass is 35.5. The molecule has 19 heteroatoms. The van der Waals surface area contributed by atoms with Gasteiger partial charge in [0.05, 0.1) is 20.8 Å². The summed E-state index contributed by atoms with van der Waals surface area (Å²) in [6, 6.07) is 18.3. The Hall–Kier alpha value is -6.03. The normalized spacial score (nSPS) is 12.2. The number of nitrogens with one attached hydrogen (secondary N) is 4. The van der Waals surface area contributed by atoms with Gasteiger partial charge in [-0.05, 0) is 124 Å². The average molecular weight is 937 g/mol. The largest absolute Gasteiger partial charge is 0.367 e. The van der Waals surface area contributed by atoms with E-state index in [-0.39, 0.29) is 48.9 Å². The lowest BCUT2D eigenvalue weighted by Gasteiger charge is -2.19. The van der Waals surface area contributed by atoms with Gasteiger partial charge in [-0.2, -0.15) is 0 Å². The van der Waals surface area contributed by atoms with Crippen molar-refractivity contribution >= 4 is 127 Å². The number of nitrogens with zero attached hydrogens (tertiary/aromatic N) is 4. The smallest absolute Gasteiger partial charge is 0.294 e. The maximum Gasteiger partial charge on any atom is 0.294 e. The molecule has 0 saturated heterocycles. The first kappa shape index (κ1) is 47.0. The summed E-state index contributed by atoms with van der Waals surface area (Å²) in [5.41, 5.74) is 3.67. The number of Topliss-reactive ketones (excluding diaryl/α,β-unsaturated/α-hetero) is 2. The molecule has 2 unspecified atom stereocenters. The van der Waals surface area contributed by atoms with Gasteiger partial charge in [-0.25, -0.2) is 0 Å². The number of hydrogen-bond donors (Lipinski definition) is 4. The fourth-order valence-corrected chi connectivity index (χ4v) is 6.44. The van der Waals surface area contributed by atoms with Crippen molar-refractivity contribution in [3.8, 4) is 0 Å². The zero-order valence-corrected chi connectivity index (χ0v) is 37.1. The molecule has 0 aliphatic rings. The van der Waals surface area contributed by atoms with Crippen molar-refractivity contribution in [1.82, 2.24) is 0 Å². The molecule has 0 fully saturated rings. The first-order valence-corrected chi connectivity index (χ1v) is 20.2. The van der Waals surface area contributed by atoms with E-state index in [4.69, 9.17) is 58.0 Å². The third-order valence-corrected chi connectivity index (χ3v) is 10.5. The van der Waals surface area contributed by atoms with Gasteiger partial charge in [-0.1, -0.05) is 70.1 Å². The lowest BCUT2D eigenvalue weighted by atomic mass is 10.1. The van der Waals surface area contributed by atoms with Crippen molar-refractivity contribution in [3.05, 3.63) is 138 Å². The molecule has 5 aromatic carbocycles. The fourth-order valence-electron chi connectivity index (χ4n) is 5.56. The number of amides is 4. The summed E-state index contributed by atoms with van der Waals surface area (Å²) in [5.74, 6) is -4.21. The lowest BCUT2D eigenvalue weighted by molar-refractivity contribution is -0.128. The SMILES string of the molecule is CC(=O)C(Nc1cc(Cl)c(NC(C(C)=O)C(=O)N=Nc2cc(C(=O)Nc3cc(Cl)ccc3C)ccc2Cl)cc1C)C(=O)N=Nc1cc(C(=O)Nc2cc(Cl)ccc2C)ccc1Cl. The molecule has 0 saturated carbocycles. The van der Waals surface area contributed by atoms with Gasteiger partial charge in [-0.3, -0.25) is 28.8 Å². The first-order valence-electron chi connectivity index (χ1n) is 18.3. The molecule has 0 heterocycles. The molecule has 0 spiro atoms. The summed E-state index contributed by atoms with van der Waals surface area (Å²) in [4.78, 5) is 77.8. The summed E-state index contributed by atoms with van der Waals surface area (Å²) in [5, 5.41) is 27.4. The van der Waals surface area contributed by atoms with Gasteiger partial charge in [0.15, 0.2) is 23.7 Å². The Kier molecular flexibility index (Phi) is 15.7. The predicted octanol–water partition coefficient (Wildman–Crippen LogP) is 11.7. The second-order valence-corrected chi connectivity index (χ2v) is 15.9. The van der Waals surface area contributed by atoms with E-state index in [2.05, 4.69) is 41.7 Å². The highest BCUT2D eigenvalue weighted by Gasteiger charge is 2.27. The molecule has 0 radical (unpaired) electrons. The van der Waals surface area contributed by atoms with Crippen LogP contribution in [0.2, 0.25) is 25.1 Å². The quantitative estimate of drug-likeness (QED) is 0.0622. The number of carbonyl (C=O) groups excluding carboxylic acids is 6. The highest BCUT2D eigenvalue weighted by molar-refractivity contribution is 6.34. The summed E-state index contributed by atoms with van der Waals surface area (Å²) >= 11 is 31.3. The van der Waals surface area contributed by atoms with Crippen molar-refractivity contribution in [2.24, 2.45) is 20.5 Å². The monoisotopic (exact) mass is 934 g/mol. The summed E-state index contributed by atoms with van der Waals surface area (Å²) in [7, 11) is 0. The Balaban J connectivity index is 1.28. The maximum absolute atomic E-state index is 13.2. The molecule has 0 aliphatic heterocycles. The fraction of sp³-hybridized carbons (Fsp3) is 0.163. The number of carbonyl (C=O) groups is 6. The third kappa shape index (κ3) is 12.1. The minimum absolute atomic E-state index is 0.00277. The third-order valence-electron chi connectivity index (χ3n) is 9.05. The molecule has 14 nitrogen and oxygen atoms in total. The van der Waals surface area contributed by atoms with E-state index in [1.165, 1.54) is 55.5 Å². The molecule has 4 N–H and O–H groups in total. The maximum atomic E-state index is 13.2. The van der Waals surface area contributed by atoms with Crippen molar-refractivity contribution in [3.63, 3.8) is 0 Å². The average Bonchev–Trinajstić information content (AvgIpc) is 3.21. The molecule has 5 rings (SSSR count). The van der Waals surface area contributed by atoms with Gasteiger partial charge < -0.3 is 21.3 Å². The molecule has 318 valence electrons. The second-order valence-electron chi connectivity index (χ2n) is 13.8. The van der Waals surface area contributed by atoms with E-state index in [1.807, 2.05) is 0 Å². The van der Waals surface area contributed by atoms with Gasteiger partial charge in [0.1, 0.15) is 11.4 Å². The number of ketones is 2. The zero-order chi connectivity index (χ0) is 45.4. The van der Waals surface area contributed by atoms with E-state index in [9.17, 15) is 28.8 Å². The Labute approximate surface area is 380 Å². The van der Waals surface area contributed by atoms with Crippen molar-refractivity contribution in [2.45, 2.75) is 46.7 Å². The number of rotatable bonds is 14. The molecule has 0 aromatic heterocycles. The van der Waals surface area contributed by atoms with Crippen LogP contribution in [0.1, 0.15) is 51.3 Å². The van der Waals surface area contributed by atoms with E-state index in [1.54, 1.807) is 57.2 Å². The Morgan fingerprint density at radius 1 is 0.468 bits per heavy atom. The Bertz CT molecular complexity index is 2530. The molecule has 5 aromatic rings. The zero-order valence-electron chi connectivity index (χ0n) is 33.4. The molecule has 62 heavy (non-hydrogen) atoms. The predicted molar refractivity (Wildman–Crippen MR) is 243 cm³/mol. The Morgan fingerprint density at radius 3 is 1.31 bits per heavy atom. The van der Waals surface area contributed by atoms with Crippen LogP contribution < -0.4 is 21.3 Å². The summed E-state index contributed by atoms with van der Waals surface area (Å²) < 4.78 is 0. The summed E-state index contributed by atoms with van der Waals surface area (Å²) in [6.45, 7) is 7.56. The van der Waals surface area contributed by atoms with E-state index < -0.39 is 47.3 Å². The van der Waals surface area contributed by atoms with Crippen LogP contribution in [0.3, 0.4) is 0 Å². The molecule has 2 atom stereocenters. The molecule has 0 bridgehead atoms. The van der Waals surface area contributed by atoms with Gasteiger partial charge in [-0.15, -0.1) is 20.5 Å². The van der Waals surface area contributed by atoms with Gasteiger partial charge >= 0.3 is 0 Å². The summed E-state index contributed by atoms with van der Waals surface area (Å²) in [6.07, 6.45) is 0. The lowest BCUT2D eigenvalue weighted by Crippen LogP contribution is -2.36. The minimum Gasteiger partial charge on any atom is -0.367 e. The van der Waals surface area contributed by atoms with Gasteiger partial charge in [0, 0.05) is 38.2 Å².